The van der Waals surface area contributed by atoms with E-state index in [1.165, 1.54) is 12.4 Å². The van der Waals surface area contributed by atoms with E-state index < -0.39 is 5.91 Å². The lowest BCUT2D eigenvalue weighted by atomic mass is 10.2. The molecule has 0 aliphatic carbocycles. The van der Waals surface area contributed by atoms with Gasteiger partial charge >= 0.3 is 0 Å². The van der Waals surface area contributed by atoms with Gasteiger partial charge in [-0.05, 0) is 24.3 Å². The maximum absolute atomic E-state index is 12.1. The molecule has 8 nitrogen and oxygen atoms in total. The third-order valence-corrected chi connectivity index (χ3v) is 3.57. The second kappa shape index (κ2) is 6.36. The summed E-state index contributed by atoms with van der Waals surface area (Å²) in [4.78, 5) is 24.1. The number of anilines is 2. The van der Waals surface area contributed by atoms with E-state index in [2.05, 4.69) is 24.6 Å². The fraction of sp³-hybridized carbons (Fsp3) is 0.0714. The van der Waals surface area contributed by atoms with Gasteiger partial charge in [0.2, 0.25) is 5.13 Å². The predicted molar refractivity (Wildman–Crippen MR) is 86.3 cm³/mol. The van der Waals surface area contributed by atoms with Gasteiger partial charge in [-0.3, -0.25) is 10.1 Å². The monoisotopic (exact) mass is 328 g/mol. The number of carbonyl (C=O) groups is 1. The number of aromatic nitrogens is 4. The number of nitrogens with two attached hydrogens (primary N) is 1. The van der Waals surface area contributed by atoms with Gasteiger partial charge in [0.25, 0.3) is 5.91 Å². The van der Waals surface area contributed by atoms with E-state index in [0.717, 1.165) is 22.8 Å². The lowest BCUT2D eigenvalue weighted by Gasteiger charge is -2.02. The van der Waals surface area contributed by atoms with Crippen LogP contribution in [-0.2, 0) is 0 Å². The van der Waals surface area contributed by atoms with Crippen LogP contribution in [0.3, 0.4) is 0 Å². The molecule has 1 aromatic carbocycles. The number of nitrogens with zero attached hydrogens (tertiary/aromatic N) is 4. The standard InChI is InChI=1S/C14H12N6O2S/c1-22-9-4-2-8(3-5-9)12-18-14(23-20-12)19-13(21)10-11(15)17-7-6-16-10/h2-7H,1H3,(H2,15,17)(H,18,19,20,21). The first kappa shape index (κ1) is 14.9. The Kier molecular flexibility index (Phi) is 4.11. The van der Waals surface area contributed by atoms with E-state index >= 15 is 0 Å². The summed E-state index contributed by atoms with van der Waals surface area (Å²) in [6.45, 7) is 0. The molecule has 3 aromatic rings. The van der Waals surface area contributed by atoms with Crippen molar-refractivity contribution in [2.24, 2.45) is 0 Å². The van der Waals surface area contributed by atoms with E-state index in [9.17, 15) is 4.79 Å². The molecule has 0 saturated heterocycles. The number of hydrogen-bond donors (Lipinski definition) is 2. The van der Waals surface area contributed by atoms with E-state index in [0.29, 0.717) is 11.0 Å². The zero-order valence-corrected chi connectivity index (χ0v) is 12.9. The molecular formula is C14H12N6O2S. The van der Waals surface area contributed by atoms with Crippen LogP contribution in [0.25, 0.3) is 11.4 Å². The van der Waals surface area contributed by atoms with Crippen molar-refractivity contribution in [3.63, 3.8) is 0 Å². The molecule has 0 atom stereocenters. The van der Waals surface area contributed by atoms with Gasteiger partial charge in [-0.1, -0.05) is 0 Å². The highest BCUT2D eigenvalue weighted by Crippen LogP contribution is 2.23. The Balaban J connectivity index is 1.76. The molecule has 0 unspecified atom stereocenters. The Morgan fingerprint density at radius 2 is 1.96 bits per heavy atom. The summed E-state index contributed by atoms with van der Waals surface area (Å²) >= 11 is 1.07. The van der Waals surface area contributed by atoms with Gasteiger partial charge in [0.1, 0.15) is 5.75 Å². The van der Waals surface area contributed by atoms with Crippen molar-refractivity contribution in [3.05, 3.63) is 42.4 Å². The number of hydrogen-bond acceptors (Lipinski definition) is 8. The van der Waals surface area contributed by atoms with Gasteiger partial charge in [0, 0.05) is 29.5 Å². The van der Waals surface area contributed by atoms with Crippen molar-refractivity contribution in [2.75, 3.05) is 18.2 Å². The number of nitrogens with one attached hydrogen (secondary N) is 1. The molecule has 0 fully saturated rings. The Labute approximate surface area is 135 Å². The zero-order valence-electron chi connectivity index (χ0n) is 12.1. The summed E-state index contributed by atoms with van der Waals surface area (Å²) in [5.74, 6) is 0.841. The first-order valence-corrected chi connectivity index (χ1v) is 7.30. The molecule has 3 rings (SSSR count). The SMILES string of the molecule is COc1ccc(-c2nsc(NC(=O)c3nccnc3N)n2)cc1. The minimum atomic E-state index is -0.479. The Morgan fingerprint density at radius 1 is 1.22 bits per heavy atom. The van der Waals surface area contributed by atoms with Gasteiger partial charge in [-0.2, -0.15) is 9.36 Å². The molecule has 0 radical (unpaired) electrons. The molecule has 0 spiro atoms. The zero-order chi connectivity index (χ0) is 16.2. The molecule has 2 heterocycles. The average molecular weight is 328 g/mol. The van der Waals surface area contributed by atoms with Crippen molar-refractivity contribution in [2.45, 2.75) is 0 Å². The molecular weight excluding hydrogens is 316 g/mol. The number of ether oxygens (including phenoxy) is 1. The maximum Gasteiger partial charge on any atom is 0.279 e. The molecule has 0 saturated carbocycles. The van der Waals surface area contributed by atoms with Crippen LogP contribution in [0.5, 0.6) is 5.75 Å². The fourth-order valence-electron chi connectivity index (χ4n) is 1.81. The number of methoxy groups -OCH3 is 1. The average Bonchev–Trinajstić information content (AvgIpc) is 3.03. The van der Waals surface area contributed by atoms with Gasteiger partial charge in [0.15, 0.2) is 17.3 Å². The topological polar surface area (TPSA) is 116 Å². The van der Waals surface area contributed by atoms with Crippen molar-refractivity contribution in [3.8, 4) is 17.1 Å². The van der Waals surface area contributed by atoms with Crippen molar-refractivity contribution >= 4 is 28.4 Å². The Morgan fingerprint density at radius 3 is 2.65 bits per heavy atom. The first-order valence-electron chi connectivity index (χ1n) is 6.53. The molecule has 23 heavy (non-hydrogen) atoms. The highest BCUT2D eigenvalue weighted by molar-refractivity contribution is 7.10. The molecule has 2 aromatic heterocycles. The third-order valence-electron chi connectivity index (χ3n) is 2.94. The first-order chi connectivity index (χ1) is 11.2. The second-order valence-corrected chi connectivity index (χ2v) is 5.15. The van der Waals surface area contributed by atoms with E-state index in [1.54, 1.807) is 7.11 Å². The second-order valence-electron chi connectivity index (χ2n) is 4.40. The highest BCUT2D eigenvalue weighted by Gasteiger charge is 2.15. The molecule has 0 aliphatic heterocycles. The molecule has 9 heteroatoms. The smallest absolute Gasteiger partial charge is 0.279 e. The minimum absolute atomic E-state index is 0.0497. The van der Waals surface area contributed by atoms with Gasteiger partial charge in [0.05, 0.1) is 7.11 Å². The van der Waals surface area contributed by atoms with Crippen LogP contribution in [0.15, 0.2) is 36.7 Å². The van der Waals surface area contributed by atoms with Crippen molar-refractivity contribution in [1.29, 1.82) is 0 Å². The lowest BCUT2D eigenvalue weighted by molar-refractivity contribution is 0.102. The molecule has 116 valence electrons. The summed E-state index contributed by atoms with van der Waals surface area (Å²) < 4.78 is 9.32. The number of rotatable bonds is 4. The van der Waals surface area contributed by atoms with Crippen LogP contribution in [0.1, 0.15) is 10.5 Å². The van der Waals surface area contributed by atoms with Crippen LogP contribution in [0.4, 0.5) is 10.9 Å². The van der Waals surface area contributed by atoms with Crippen LogP contribution in [0.2, 0.25) is 0 Å². The van der Waals surface area contributed by atoms with Crippen molar-refractivity contribution < 1.29 is 9.53 Å². The molecule has 3 N–H and O–H groups in total. The number of benzene rings is 1. The Bertz CT molecular complexity index is 833. The number of amides is 1. The summed E-state index contributed by atoms with van der Waals surface area (Å²) in [7, 11) is 1.60. The third kappa shape index (κ3) is 3.24. The van der Waals surface area contributed by atoms with Crippen LogP contribution in [0, 0.1) is 0 Å². The highest BCUT2D eigenvalue weighted by atomic mass is 32.1. The summed E-state index contributed by atoms with van der Waals surface area (Å²) in [6, 6.07) is 7.31. The Hall–Kier alpha value is -3.07. The van der Waals surface area contributed by atoms with Gasteiger partial charge < -0.3 is 10.5 Å². The van der Waals surface area contributed by atoms with Crippen LogP contribution in [-0.4, -0.2) is 32.3 Å². The largest absolute Gasteiger partial charge is 0.497 e. The fourth-order valence-corrected chi connectivity index (χ4v) is 2.40. The number of carbonyl (C=O) groups excluding carboxylic acids is 1. The van der Waals surface area contributed by atoms with Crippen LogP contribution < -0.4 is 15.8 Å². The van der Waals surface area contributed by atoms with Gasteiger partial charge in [-0.15, -0.1) is 0 Å². The minimum Gasteiger partial charge on any atom is -0.497 e. The quantitative estimate of drug-likeness (QED) is 0.750. The van der Waals surface area contributed by atoms with E-state index in [1.807, 2.05) is 24.3 Å². The molecule has 1 amide bonds. The summed E-state index contributed by atoms with van der Waals surface area (Å²) in [6.07, 6.45) is 2.81. The summed E-state index contributed by atoms with van der Waals surface area (Å²) in [5.41, 5.74) is 6.49. The van der Waals surface area contributed by atoms with E-state index in [4.69, 9.17) is 10.5 Å². The predicted octanol–water partition coefficient (Wildman–Crippen LogP) is 1.84. The normalized spacial score (nSPS) is 10.3. The van der Waals surface area contributed by atoms with Crippen LogP contribution >= 0.6 is 11.5 Å². The lowest BCUT2D eigenvalue weighted by Crippen LogP contribution is -2.16. The molecule has 0 bridgehead atoms. The van der Waals surface area contributed by atoms with E-state index in [-0.39, 0.29) is 11.5 Å². The van der Waals surface area contributed by atoms with Crippen molar-refractivity contribution in [1.82, 2.24) is 19.3 Å². The number of nitrogen functional groups attached to an aromatic ring is 1. The van der Waals surface area contributed by atoms with Gasteiger partial charge in [-0.25, -0.2) is 9.97 Å². The molecule has 0 aliphatic rings. The maximum atomic E-state index is 12.1. The summed E-state index contributed by atoms with van der Waals surface area (Å²) in [5, 5.41) is 2.96.